The maximum absolute atomic E-state index is 13.2. The van der Waals surface area contributed by atoms with Gasteiger partial charge in [0, 0.05) is 11.7 Å². The van der Waals surface area contributed by atoms with Gasteiger partial charge in [-0.1, -0.05) is 41.9 Å². The first-order valence-electron chi connectivity index (χ1n) is 8.11. The number of hydrogen-bond donors (Lipinski definition) is 2. The van der Waals surface area contributed by atoms with Crippen molar-refractivity contribution in [3.63, 3.8) is 0 Å². The first-order chi connectivity index (χ1) is 11.5. The smallest absolute Gasteiger partial charge is 0.241 e. The summed E-state index contributed by atoms with van der Waals surface area (Å²) < 4.78 is 13.2. The molecule has 1 amide bonds. The molecule has 0 spiro atoms. The fourth-order valence-corrected chi connectivity index (χ4v) is 2.94. The number of carbonyl (C=O) groups is 1. The van der Waals surface area contributed by atoms with Crippen molar-refractivity contribution < 1.29 is 9.18 Å². The van der Waals surface area contributed by atoms with Gasteiger partial charge in [-0.15, -0.1) is 0 Å². The molecule has 3 nitrogen and oxygen atoms in total. The summed E-state index contributed by atoms with van der Waals surface area (Å²) >= 11 is 5.75. The Morgan fingerprint density at radius 3 is 2.54 bits per heavy atom. The summed E-state index contributed by atoms with van der Waals surface area (Å²) in [6.45, 7) is 1.83. The molecule has 24 heavy (non-hydrogen) atoms. The predicted octanol–water partition coefficient (Wildman–Crippen LogP) is 4.55. The number of hydrogen-bond acceptors (Lipinski definition) is 2. The minimum atomic E-state index is -0.501. The van der Waals surface area contributed by atoms with Crippen molar-refractivity contribution in [2.24, 2.45) is 5.92 Å². The zero-order valence-electron chi connectivity index (χ0n) is 13.4. The summed E-state index contributed by atoms with van der Waals surface area (Å²) in [6.07, 6.45) is 2.35. The van der Waals surface area contributed by atoms with Gasteiger partial charge in [0.05, 0.1) is 11.1 Å². The number of anilines is 1. The van der Waals surface area contributed by atoms with Crippen LogP contribution in [0.1, 0.15) is 31.4 Å². The van der Waals surface area contributed by atoms with Crippen LogP contribution in [0.15, 0.2) is 48.5 Å². The van der Waals surface area contributed by atoms with E-state index in [0.717, 1.165) is 0 Å². The Kier molecular flexibility index (Phi) is 5.17. The van der Waals surface area contributed by atoms with E-state index in [0.29, 0.717) is 11.6 Å². The van der Waals surface area contributed by atoms with E-state index in [1.165, 1.54) is 36.6 Å². The Morgan fingerprint density at radius 2 is 1.92 bits per heavy atom. The third-order valence-corrected chi connectivity index (χ3v) is 4.55. The van der Waals surface area contributed by atoms with Gasteiger partial charge in [0.25, 0.3) is 0 Å². The van der Waals surface area contributed by atoms with E-state index in [4.69, 9.17) is 11.6 Å². The maximum Gasteiger partial charge on any atom is 0.241 e. The molecule has 2 aromatic carbocycles. The average molecular weight is 347 g/mol. The second-order valence-corrected chi connectivity index (χ2v) is 6.64. The third kappa shape index (κ3) is 4.13. The summed E-state index contributed by atoms with van der Waals surface area (Å²) in [6, 6.07) is 14.1. The van der Waals surface area contributed by atoms with Crippen LogP contribution >= 0.6 is 11.6 Å². The number of amides is 1. The van der Waals surface area contributed by atoms with Crippen molar-refractivity contribution in [2.75, 3.05) is 5.32 Å². The van der Waals surface area contributed by atoms with Crippen molar-refractivity contribution in [3.8, 4) is 0 Å². The second kappa shape index (κ2) is 7.32. The Morgan fingerprint density at radius 1 is 1.21 bits per heavy atom. The third-order valence-electron chi connectivity index (χ3n) is 4.26. The standard InChI is InChI=1S/C19H20ClFN2O/c1-12(19(24)23-15-9-10-17(21)16(20)11-15)22-18(14-7-8-14)13-5-3-2-4-6-13/h2-6,9-12,14,18,22H,7-8H2,1H3,(H,23,24)/t12-,18-/m1/s1. The molecule has 0 saturated heterocycles. The topological polar surface area (TPSA) is 41.1 Å². The highest BCUT2D eigenvalue weighted by atomic mass is 35.5. The van der Waals surface area contributed by atoms with E-state index in [1.807, 2.05) is 25.1 Å². The first-order valence-corrected chi connectivity index (χ1v) is 8.49. The Labute approximate surface area is 146 Å². The molecule has 1 fully saturated rings. The zero-order valence-corrected chi connectivity index (χ0v) is 14.2. The van der Waals surface area contributed by atoms with Crippen LogP contribution in [-0.4, -0.2) is 11.9 Å². The Balaban J connectivity index is 1.65. The van der Waals surface area contributed by atoms with Gasteiger partial charge in [0.1, 0.15) is 5.82 Å². The quantitative estimate of drug-likeness (QED) is 0.805. The number of benzene rings is 2. The van der Waals surface area contributed by atoms with Gasteiger partial charge in [0.15, 0.2) is 0 Å². The Hall–Kier alpha value is -1.91. The van der Waals surface area contributed by atoms with Crippen LogP contribution in [0.2, 0.25) is 5.02 Å². The molecular weight excluding hydrogens is 327 g/mol. The normalized spacial score (nSPS) is 16.5. The monoisotopic (exact) mass is 346 g/mol. The van der Waals surface area contributed by atoms with Crippen LogP contribution in [0.5, 0.6) is 0 Å². The van der Waals surface area contributed by atoms with Gasteiger partial charge >= 0.3 is 0 Å². The molecule has 2 aromatic rings. The van der Waals surface area contributed by atoms with Crippen LogP contribution in [-0.2, 0) is 4.79 Å². The van der Waals surface area contributed by atoms with E-state index in [1.54, 1.807) is 0 Å². The highest BCUT2D eigenvalue weighted by molar-refractivity contribution is 6.31. The van der Waals surface area contributed by atoms with Crippen LogP contribution < -0.4 is 10.6 Å². The molecule has 1 saturated carbocycles. The lowest BCUT2D eigenvalue weighted by Gasteiger charge is -2.23. The lowest BCUT2D eigenvalue weighted by molar-refractivity contribution is -0.118. The summed E-state index contributed by atoms with van der Waals surface area (Å²) in [5, 5.41) is 6.19. The van der Waals surface area contributed by atoms with Gasteiger partial charge in [-0.2, -0.15) is 0 Å². The van der Waals surface area contributed by atoms with Crippen molar-refractivity contribution in [2.45, 2.75) is 31.8 Å². The van der Waals surface area contributed by atoms with E-state index in [-0.39, 0.29) is 23.0 Å². The lowest BCUT2D eigenvalue weighted by Crippen LogP contribution is -2.40. The largest absolute Gasteiger partial charge is 0.325 e. The first kappa shape index (κ1) is 16.9. The summed E-state index contributed by atoms with van der Waals surface area (Å²) in [7, 11) is 0. The molecule has 0 radical (unpaired) electrons. The summed E-state index contributed by atoms with van der Waals surface area (Å²) in [4.78, 5) is 12.4. The fraction of sp³-hybridized carbons (Fsp3) is 0.316. The minimum Gasteiger partial charge on any atom is -0.325 e. The van der Waals surface area contributed by atoms with Crippen molar-refractivity contribution in [1.29, 1.82) is 0 Å². The molecular formula is C19H20ClFN2O. The summed E-state index contributed by atoms with van der Waals surface area (Å²) in [5.41, 5.74) is 1.69. The van der Waals surface area contributed by atoms with Crippen molar-refractivity contribution in [3.05, 3.63) is 64.9 Å². The SMILES string of the molecule is C[C@@H](N[C@H](c1ccccc1)C1CC1)C(=O)Nc1ccc(F)c(Cl)c1. The molecule has 0 heterocycles. The highest BCUT2D eigenvalue weighted by Gasteiger charge is 2.33. The molecule has 1 aliphatic carbocycles. The molecule has 0 bridgehead atoms. The van der Waals surface area contributed by atoms with Gasteiger partial charge in [-0.25, -0.2) is 4.39 Å². The molecule has 3 rings (SSSR count). The van der Waals surface area contributed by atoms with Crippen LogP contribution in [0, 0.1) is 11.7 Å². The van der Waals surface area contributed by atoms with Gasteiger partial charge in [0.2, 0.25) is 5.91 Å². The molecule has 5 heteroatoms. The van der Waals surface area contributed by atoms with E-state index < -0.39 is 5.82 Å². The van der Waals surface area contributed by atoms with Crippen molar-refractivity contribution >= 4 is 23.2 Å². The van der Waals surface area contributed by atoms with E-state index >= 15 is 0 Å². The van der Waals surface area contributed by atoms with Gasteiger partial charge in [-0.05, 0) is 49.4 Å². The van der Waals surface area contributed by atoms with E-state index in [9.17, 15) is 9.18 Å². The Bertz CT molecular complexity index is 719. The maximum atomic E-state index is 13.2. The average Bonchev–Trinajstić information content (AvgIpc) is 3.41. The van der Waals surface area contributed by atoms with Crippen LogP contribution in [0.25, 0.3) is 0 Å². The molecule has 2 N–H and O–H groups in total. The number of nitrogens with one attached hydrogen (secondary N) is 2. The minimum absolute atomic E-state index is 0.00597. The molecule has 0 aromatic heterocycles. The van der Waals surface area contributed by atoms with Gasteiger partial charge < -0.3 is 5.32 Å². The summed E-state index contributed by atoms with van der Waals surface area (Å²) in [5.74, 6) is -0.0964. The number of rotatable bonds is 6. The highest BCUT2D eigenvalue weighted by Crippen LogP contribution is 2.41. The molecule has 0 unspecified atom stereocenters. The number of carbonyl (C=O) groups excluding carboxylic acids is 1. The fourth-order valence-electron chi connectivity index (χ4n) is 2.76. The predicted molar refractivity (Wildman–Crippen MR) is 94.5 cm³/mol. The van der Waals surface area contributed by atoms with Crippen LogP contribution in [0.4, 0.5) is 10.1 Å². The lowest BCUT2D eigenvalue weighted by atomic mass is 10.0. The molecule has 0 aliphatic heterocycles. The molecule has 1 aliphatic rings. The molecule has 2 atom stereocenters. The van der Waals surface area contributed by atoms with Crippen LogP contribution in [0.3, 0.4) is 0 Å². The van der Waals surface area contributed by atoms with Gasteiger partial charge in [-0.3, -0.25) is 10.1 Å². The zero-order chi connectivity index (χ0) is 17.1. The molecule has 126 valence electrons. The second-order valence-electron chi connectivity index (χ2n) is 6.23. The number of halogens is 2. The van der Waals surface area contributed by atoms with Crippen molar-refractivity contribution in [1.82, 2.24) is 5.32 Å². The van der Waals surface area contributed by atoms with E-state index in [2.05, 4.69) is 22.8 Å².